The lowest BCUT2D eigenvalue weighted by atomic mass is 9.99. The third-order valence-electron chi connectivity index (χ3n) is 3.75. The molecule has 0 radical (unpaired) electrons. The van der Waals surface area contributed by atoms with Gasteiger partial charge in [-0.1, -0.05) is 29.3 Å². The first-order chi connectivity index (χ1) is 10.9. The second-order valence-electron chi connectivity index (χ2n) is 5.27. The van der Waals surface area contributed by atoms with Crippen molar-refractivity contribution in [3.63, 3.8) is 0 Å². The molecule has 1 unspecified atom stereocenters. The summed E-state index contributed by atoms with van der Waals surface area (Å²) in [7, 11) is 0. The molecule has 5 atom stereocenters. The Balaban J connectivity index is 1.85. The van der Waals surface area contributed by atoms with Gasteiger partial charge in [0.05, 0.1) is 22.2 Å². The van der Waals surface area contributed by atoms with E-state index in [1.54, 1.807) is 18.2 Å². The number of aromatic nitrogens is 1. The van der Waals surface area contributed by atoms with Gasteiger partial charge in [0.1, 0.15) is 24.4 Å². The molecule has 0 aliphatic carbocycles. The highest BCUT2D eigenvalue weighted by molar-refractivity contribution is 6.45. The second-order valence-corrected chi connectivity index (χ2v) is 6.06. The third kappa shape index (κ3) is 3.01. The molecule has 1 fully saturated rings. The molecule has 1 aliphatic rings. The van der Waals surface area contributed by atoms with Gasteiger partial charge >= 0.3 is 0 Å². The molecular formula is C14H15Cl2NO6. The second kappa shape index (κ2) is 6.45. The van der Waals surface area contributed by atoms with Crippen molar-refractivity contribution in [2.75, 3.05) is 6.61 Å². The quantitative estimate of drug-likeness (QED) is 0.547. The first-order valence-corrected chi connectivity index (χ1v) is 7.62. The SMILES string of the molecule is OC[C@H]1OC(Oc2cc3ccc(Cl)c(Cl)c3[nH]2)[C@H](O)[C@@H](O)[C@H]1O. The van der Waals surface area contributed by atoms with Gasteiger partial charge in [0.25, 0.3) is 0 Å². The molecule has 0 amide bonds. The standard InChI is InChI=1S/C14H15Cl2NO6/c15-6-2-1-5-3-8(17-10(5)9(6)16)23-14-13(21)12(20)11(19)7(4-18)22-14/h1-3,7,11-14,17-21H,4H2/t7-,11+,12+,13-,14?/m1/s1. The molecule has 0 spiro atoms. The number of hydrogen-bond acceptors (Lipinski definition) is 6. The Hall–Kier alpha value is -1.06. The van der Waals surface area contributed by atoms with Crippen molar-refractivity contribution >= 4 is 34.1 Å². The van der Waals surface area contributed by atoms with Crippen LogP contribution >= 0.6 is 23.2 Å². The zero-order valence-corrected chi connectivity index (χ0v) is 13.2. The number of benzene rings is 1. The molecule has 0 bridgehead atoms. The van der Waals surface area contributed by atoms with Crippen molar-refractivity contribution in [3.05, 3.63) is 28.2 Å². The number of nitrogens with one attached hydrogen (secondary N) is 1. The highest BCUT2D eigenvalue weighted by atomic mass is 35.5. The topological polar surface area (TPSA) is 115 Å². The van der Waals surface area contributed by atoms with E-state index >= 15 is 0 Å². The number of hydrogen-bond donors (Lipinski definition) is 5. The van der Waals surface area contributed by atoms with Crippen LogP contribution < -0.4 is 4.74 Å². The minimum absolute atomic E-state index is 0.230. The summed E-state index contributed by atoms with van der Waals surface area (Å²) in [5.74, 6) is 0.230. The van der Waals surface area contributed by atoms with E-state index in [4.69, 9.17) is 37.8 Å². The van der Waals surface area contributed by atoms with Crippen LogP contribution in [0.25, 0.3) is 10.9 Å². The summed E-state index contributed by atoms with van der Waals surface area (Å²) < 4.78 is 10.8. The smallest absolute Gasteiger partial charge is 0.230 e. The average molecular weight is 364 g/mol. The lowest BCUT2D eigenvalue weighted by Crippen LogP contribution is -2.60. The number of fused-ring (bicyclic) bond motifs is 1. The molecule has 7 nitrogen and oxygen atoms in total. The largest absolute Gasteiger partial charge is 0.447 e. The molecule has 1 aromatic heterocycles. The monoisotopic (exact) mass is 363 g/mol. The molecule has 23 heavy (non-hydrogen) atoms. The summed E-state index contributed by atoms with van der Waals surface area (Å²) in [4.78, 5) is 2.90. The van der Waals surface area contributed by atoms with Crippen molar-refractivity contribution in [2.45, 2.75) is 30.7 Å². The Bertz CT molecular complexity index is 706. The Kier molecular flexibility index (Phi) is 4.70. The predicted octanol–water partition coefficient (Wildman–Crippen LogP) is 0.653. The summed E-state index contributed by atoms with van der Waals surface area (Å²) in [5, 5.41) is 40.0. The Labute approximate surface area is 141 Å². The van der Waals surface area contributed by atoms with Crippen molar-refractivity contribution in [2.24, 2.45) is 0 Å². The molecule has 5 N–H and O–H groups in total. The van der Waals surface area contributed by atoms with E-state index in [0.29, 0.717) is 15.6 Å². The number of aromatic amines is 1. The Morgan fingerprint density at radius 1 is 1.13 bits per heavy atom. The van der Waals surface area contributed by atoms with Crippen LogP contribution in [0.4, 0.5) is 0 Å². The van der Waals surface area contributed by atoms with Crippen LogP contribution in [-0.4, -0.2) is 62.7 Å². The lowest BCUT2D eigenvalue weighted by Gasteiger charge is -2.39. The van der Waals surface area contributed by atoms with Crippen LogP contribution in [0, 0.1) is 0 Å². The number of aliphatic hydroxyl groups excluding tert-OH is 4. The van der Waals surface area contributed by atoms with Crippen molar-refractivity contribution in [1.82, 2.24) is 4.98 Å². The van der Waals surface area contributed by atoms with E-state index in [-0.39, 0.29) is 5.88 Å². The van der Waals surface area contributed by atoms with E-state index in [1.807, 2.05) is 0 Å². The van der Waals surface area contributed by atoms with Crippen LogP contribution in [0.5, 0.6) is 5.88 Å². The summed E-state index contributed by atoms with van der Waals surface area (Å²) >= 11 is 12.0. The molecule has 1 aromatic carbocycles. The summed E-state index contributed by atoms with van der Waals surface area (Å²) in [6.45, 7) is -0.529. The van der Waals surface area contributed by atoms with E-state index in [9.17, 15) is 15.3 Å². The maximum absolute atomic E-state index is 9.95. The fourth-order valence-electron chi connectivity index (χ4n) is 2.47. The first-order valence-electron chi connectivity index (χ1n) is 6.86. The van der Waals surface area contributed by atoms with Gasteiger partial charge in [-0.25, -0.2) is 0 Å². The fourth-order valence-corrected chi connectivity index (χ4v) is 2.84. The zero-order valence-electron chi connectivity index (χ0n) is 11.7. The minimum Gasteiger partial charge on any atom is -0.447 e. The molecular weight excluding hydrogens is 349 g/mol. The van der Waals surface area contributed by atoms with E-state index < -0.39 is 37.3 Å². The summed E-state index contributed by atoms with van der Waals surface area (Å²) in [5.41, 5.74) is 0.554. The van der Waals surface area contributed by atoms with Gasteiger partial charge in [0.2, 0.25) is 6.29 Å². The highest BCUT2D eigenvalue weighted by Crippen LogP contribution is 2.33. The number of H-pyrrole nitrogens is 1. The van der Waals surface area contributed by atoms with Gasteiger partial charge < -0.3 is 34.9 Å². The van der Waals surface area contributed by atoms with Crippen LogP contribution in [0.2, 0.25) is 10.0 Å². The summed E-state index contributed by atoms with van der Waals surface area (Å²) in [6, 6.07) is 5.00. The Morgan fingerprint density at radius 2 is 1.87 bits per heavy atom. The molecule has 0 saturated carbocycles. The van der Waals surface area contributed by atoms with Crippen LogP contribution in [-0.2, 0) is 4.74 Å². The number of halogens is 2. The zero-order chi connectivity index (χ0) is 16.7. The van der Waals surface area contributed by atoms with E-state index in [1.165, 1.54) is 0 Å². The van der Waals surface area contributed by atoms with Gasteiger partial charge in [-0.2, -0.15) is 0 Å². The first kappa shape index (κ1) is 16.8. The molecule has 2 aromatic rings. The van der Waals surface area contributed by atoms with Crippen LogP contribution in [0.3, 0.4) is 0 Å². The third-order valence-corrected chi connectivity index (χ3v) is 4.56. The maximum Gasteiger partial charge on any atom is 0.230 e. The maximum atomic E-state index is 9.95. The average Bonchev–Trinajstić information content (AvgIpc) is 2.95. The molecule has 1 saturated heterocycles. The molecule has 3 rings (SSSR count). The van der Waals surface area contributed by atoms with Gasteiger partial charge in [-0.05, 0) is 6.07 Å². The molecule has 126 valence electrons. The van der Waals surface area contributed by atoms with Crippen molar-refractivity contribution < 1.29 is 29.9 Å². The number of aliphatic hydroxyl groups is 4. The summed E-state index contributed by atoms with van der Waals surface area (Å²) in [6.07, 6.45) is -6.74. The molecule has 2 heterocycles. The predicted molar refractivity (Wildman–Crippen MR) is 82.7 cm³/mol. The Morgan fingerprint density at radius 3 is 2.57 bits per heavy atom. The van der Waals surface area contributed by atoms with E-state index in [0.717, 1.165) is 5.39 Å². The van der Waals surface area contributed by atoms with Gasteiger partial charge in [0.15, 0.2) is 5.88 Å². The van der Waals surface area contributed by atoms with Crippen molar-refractivity contribution in [1.29, 1.82) is 0 Å². The van der Waals surface area contributed by atoms with Crippen LogP contribution in [0.1, 0.15) is 0 Å². The van der Waals surface area contributed by atoms with Crippen molar-refractivity contribution in [3.8, 4) is 5.88 Å². The van der Waals surface area contributed by atoms with Crippen LogP contribution in [0.15, 0.2) is 18.2 Å². The number of rotatable bonds is 3. The van der Waals surface area contributed by atoms with Gasteiger partial charge in [-0.3, -0.25) is 0 Å². The lowest BCUT2D eigenvalue weighted by molar-refractivity contribution is -0.278. The normalized spacial score (nSPS) is 31.5. The minimum atomic E-state index is -1.51. The number of ether oxygens (including phenoxy) is 2. The van der Waals surface area contributed by atoms with Gasteiger partial charge in [-0.15, -0.1) is 0 Å². The highest BCUT2D eigenvalue weighted by Gasteiger charge is 2.44. The van der Waals surface area contributed by atoms with Gasteiger partial charge in [0, 0.05) is 11.5 Å². The van der Waals surface area contributed by atoms with E-state index in [2.05, 4.69) is 4.98 Å². The molecule has 9 heteroatoms. The fraction of sp³-hybridized carbons (Fsp3) is 0.429. The molecule has 1 aliphatic heterocycles.